The molecule has 3 heterocycles. The van der Waals surface area contributed by atoms with Crippen LogP contribution in [-0.4, -0.2) is 64.7 Å². The number of aromatic nitrogens is 3. The van der Waals surface area contributed by atoms with E-state index >= 15 is 0 Å². The topological polar surface area (TPSA) is 98.6 Å². The minimum Gasteiger partial charge on any atom is -0.497 e. The molecule has 3 aromatic rings. The first-order valence-corrected chi connectivity index (χ1v) is 12.6. The van der Waals surface area contributed by atoms with Crippen molar-refractivity contribution in [3.8, 4) is 23.0 Å². The van der Waals surface area contributed by atoms with Gasteiger partial charge in [0.15, 0.2) is 5.52 Å². The van der Waals surface area contributed by atoms with Crippen LogP contribution in [0.4, 0.5) is 0 Å². The second-order valence-electron chi connectivity index (χ2n) is 9.40. The van der Waals surface area contributed by atoms with Gasteiger partial charge >= 0.3 is 0 Å². The van der Waals surface area contributed by atoms with Gasteiger partial charge in [-0.15, -0.1) is 0 Å². The average molecular weight is 494 g/mol. The number of ether oxygens (including phenoxy) is 2. The first kappa shape index (κ1) is 25.6. The number of hydrogen-bond donors (Lipinski definition) is 1. The molecule has 192 valence electrons. The van der Waals surface area contributed by atoms with Crippen LogP contribution in [0.3, 0.4) is 0 Å². The molecule has 1 aromatic carbocycles. The van der Waals surface area contributed by atoms with Crippen LogP contribution in [0.15, 0.2) is 41.2 Å². The van der Waals surface area contributed by atoms with Gasteiger partial charge in [0, 0.05) is 24.2 Å². The monoisotopic (exact) mass is 493 g/mol. The molecule has 1 aliphatic rings. The fourth-order valence-electron chi connectivity index (χ4n) is 4.45. The van der Waals surface area contributed by atoms with E-state index in [0.717, 1.165) is 26.1 Å². The second kappa shape index (κ2) is 12.0. The number of piperidine rings is 1. The number of hydrogen-bond acceptors (Lipinski definition) is 7. The molecular formula is C27H35N5O4. The van der Waals surface area contributed by atoms with Gasteiger partial charge in [-0.1, -0.05) is 18.6 Å². The fourth-order valence-corrected chi connectivity index (χ4v) is 4.45. The van der Waals surface area contributed by atoms with Crippen LogP contribution >= 0.6 is 0 Å². The lowest BCUT2D eigenvalue weighted by molar-refractivity contribution is -0.122. The molecule has 36 heavy (non-hydrogen) atoms. The Hall–Kier alpha value is -3.46. The highest BCUT2D eigenvalue weighted by molar-refractivity contribution is 5.80. The van der Waals surface area contributed by atoms with Gasteiger partial charge in [0.25, 0.3) is 5.56 Å². The number of pyridine rings is 1. The summed E-state index contributed by atoms with van der Waals surface area (Å²) in [7, 11) is 1.58. The SMILES string of the molecule is COc1cccc(-c2nc3ccc(OCCCN4CCCCC4)nc3c(=O)n2CC(=O)NC(C)C)c1. The Morgan fingerprint density at radius 1 is 1.11 bits per heavy atom. The maximum absolute atomic E-state index is 13.6. The highest BCUT2D eigenvalue weighted by Gasteiger charge is 2.18. The number of fused-ring (bicyclic) bond motifs is 1. The lowest BCUT2D eigenvalue weighted by atomic mass is 10.1. The van der Waals surface area contributed by atoms with E-state index in [0.29, 0.717) is 35.1 Å². The van der Waals surface area contributed by atoms with E-state index in [9.17, 15) is 9.59 Å². The number of amides is 1. The van der Waals surface area contributed by atoms with Crippen molar-refractivity contribution in [2.24, 2.45) is 0 Å². The van der Waals surface area contributed by atoms with Crippen LogP contribution in [0.2, 0.25) is 0 Å². The molecule has 1 N–H and O–H groups in total. The zero-order valence-electron chi connectivity index (χ0n) is 21.3. The molecule has 0 aliphatic carbocycles. The molecule has 0 radical (unpaired) electrons. The lowest BCUT2D eigenvalue weighted by Gasteiger charge is -2.26. The Morgan fingerprint density at radius 3 is 2.67 bits per heavy atom. The van der Waals surface area contributed by atoms with E-state index in [1.54, 1.807) is 25.3 Å². The number of carbonyl (C=O) groups excluding carboxylic acids is 1. The van der Waals surface area contributed by atoms with Gasteiger partial charge in [-0.2, -0.15) is 0 Å². The summed E-state index contributed by atoms with van der Waals surface area (Å²) in [5.41, 5.74) is 0.894. The third-order valence-electron chi connectivity index (χ3n) is 6.17. The Morgan fingerprint density at radius 2 is 1.92 bits per heavy atom. The van der Waals surface area contributed by atoms with Crippen LogP contribution in [0.25, 0.3) is 22.4 Å². The van der Waals surface area contributed by atoms with Crippen molar-refractivity contribution in [2.45, 2.75) is 52.1 Å². The molecule has 0 spiro atoms. The molecule has 9 heteroatoms. The van der Waals surface area contributed by atoms with Crippen molar-refractivity contribution in [2.75, 3.05) is 33.4 Å². The van der Waals surface area contributed by atoms with Gasteiger partial charge in [0.2, 0.25) is 11.8 Å². The lowest BCUT2D eigenvalue weighted by Crippen LogP contribution is -2.37. The predicted octanol–water partition coefficient (Wildman–Crippen LogP) is 3.25. The second-order valence-corrected chi connectivity index (χ2v) is 9.40. The van der Waals surface area contributed by atoms with Gasteiger partial charge in [0.1, 0.15) is 18.1 Å². The Bertz CT molecular complexity index is 1250. The number of rotatable bonds is 10. The Kier molecular flexibility index (Phi) is 8.53. The van der Waals surface area contributed by atoms with Gasteiger partial charge in [0.05, 0.1) is 19.2 Å². The van der Waals surface area contributed by atoms with Crippen LogP contribution in [0.5, 0.6) is 11.6 Å². The van der Waals surface area contributed by atoms with Crippen molar-refractivity contribution in [3.63, 3.8) is 0 Å². The molecule has 2 aromatic heterocycles. The van der Waals surface area contributed by atoms with Crippen molar-refractivity contribution in [3.05, 3.63) is 46.8 Å². The molecule has 1 saturated heterocycles. The molecule has 0 saturated carbocycles. The number of benzene rings is 1. The normalized spacial score (nSPS) is 14.2. The van der Waals surface area contributed by atoms with Crippen LogP contribution in [0.1, 0.15) is 39.5 Å². The summed E-state index contributed by atoms with van der Waals surface area (Å²) in [4.78, 5) is 37.8. The molecule has 9 nitrogen and oxygen atoms in total. The molecule has 0 bridgehead atoms. The third-order valence-corrected chi connectivity index (χ3v) is 6.17. The first-order valence-electron chi connectivity index (χ1n) is 12.6. The zero-order chi connectivity index (χ0) is 25.5. The molecule has 0 atom stereocenters. The molecule has 0 unspecified atom stereocenters. The fraction of sp³-hybridized carbons (Fsp3) is 0.481. The smallest absolute Gasteiger partial charge is 0.280 e. The number of carbonyl (C=O) groups is 1. The number of nitrogens with one attached hydrogen (secondary N) is 1. The Labute approximate surface area is 211 Å². The Balaban J connectivity index is 1.61. The van der Waals surface area contributed by atoms with E-state index < -0.39 is 5.56 Å². The third kappa shape index (κ3) is 6.40. The minimum absolute atomic E-state index is 0.0510. The minimum atomic E-state index is -0.393. The zero-order valence-corrected chi connectivity index (χ0v) is 21.3. The first-order chi connectivity index (χ1) is 17.4. The molecular weight excluding hydrogens is 458 g/mol. The van der Waals surface area contributed by atoms with E-state index in [-0.39, 0.29) is 24.0 Å². The van der Waals surface area contributed by atoms with E-state index in [4.69, 9.17) is 14.5 Å². The van der Waals surface area contributed by atoms with Crippen LogP contribution in [0, 0.1) is 0 Å². The van der Waals surface area contributed by atoms with E-state index in [1.807, 2.05) is 32.0 Å². The largest absolute Gasteiger partial charge is 0.497 e. The van der Waals surface area contributed by atoms with Gasteiger partial charge in [-0.25, -0.2) is 9.97 Å². The van der Waals surface area contributed by atoms with Gasteiger partial charge in [-0.05, 0) is 64.4 Å². The summed E-state index contributed by atoms with van der Waals surface area (Å²) in [5, 5.41) is 2.84. The standard InChI is InChI=1S/C27H35N5O4/c1-19(2)28-23(33)18-32-26(20-9-7-10-21(17-20)35-3)29-22-11-12-24(30-25(22)27(32)34)36-16-8-15-31-13-5-4-6-14-31/h7,9-12,17,19H,4-6,8,13-16,18H2,1-3H3,(H,28,33). The van der Waals surface area contributed by atoms with E-state index in [1.165, 1.54) is 23.8 Å². The summed E-state index contributed by atoms with van der Waals surface area (Å²) in [6.07, 6.45) is 4.74. The van der Waals surface area contributed by atoms with Crippen LogP contribution in [-0.2, 0) is 11.3 Å². The maximum atomic E-state index is 13.6. The maximum Gasteiger partial charge on any atom is 0.280 e. The van der Waals surface area contributed by atoms with Gasteiger partial charge < -0.3 is 19.7 Å². The number of likely N-dealkylation sites (tertiary alicyclic amines) is 1. The summed E-state index contributed by atoms with van der Waals surface area (Å²) in [6.45, 7) is 7.40. The summed E-state index contributed by atoms with van der Waals surface area (Å²) in [5.74, 6) is 1.11. The highest BCUT2D eigenvalue weighted by atomic mass is 16.5. The summed E-state index contributed by atoms with van der Waals surface area (Å²) < 4.78 is 12.6. The summed E-state index contributed by atoms with van der Waals surface area (Å²) >= 11 is 0. The van der Waals surface area contributed by atoms with Crippen molar-refractivity contribution in [1.82, 2.24) is 24.8 Å². The highest BCUT2D eigenvalue weighted by Crippen LogP contribution is 2.24. The molecule has 1 amide bonds. The van der Waals surface area contributed by atoms with Crippen molar-refractivity contribution in [1.29, 1.82) is 0 Å². The van der Waals surface area contributed by atoms with Crippen LogP contribution < -0.4 is 20.3 Å². The van der Waals surface area contributed by atoms with E-state index in [2.05, 4.69) is 15.2 Å². The molecule has 1 aliphatic heterocycles. The molecule has 4 rings (SSSR count). The predicted molar refractivity (Wildman–Crippen MR) is 139 cm³/mol. The van der Waals surface area contributed by atoms with Crippen molar-refractivity contribution >= 4 is 16.9 Å². The quantitative estimate of drug-likeness (QED) is 0.433. The van der Waals surface area contributed by atoms with Gasteiger partial charge in [-0.3, -0.25) is 14.2 Å². The number of nitrogens with zero attached hydrogens (tertiary/aromatic N) is 4. The summed E-state index contributed by atoms with van der Waals surface area (Å²) in [6, 6.07) is 10.7. The number of methoxy groups -OCH3 is 1. The van der Waals surface area contributed by atoms with Crippen molar-refractivity contribution < 1.29 is 14.3 Å². The molecule has 1 fully saturated rings. The average Bonchev–Trinajstić information content (AvgIpc) is 2.88.